The highest BCUT2D eigenvalue weighted by molar-refractivity contribution is 6.34. The van der Waals surface area contributed by atoms with E-state index in [9.17, 15) is 5.11 Å². The maximum atomic E-state index is 9.79. The number of nitrogens with zero attached hydrogens (tertiary/aromatic N) is 1. The van der Waals surface area contributed by atoms with E-state index in [-0.39, 0.29) is 18.2 Å². The molecule has 5 heteroatoms. The molecule has 26 heavy (non-hydrogen) atoms. The molecule has 0 bridgehead atoms. The SMILES string of the molecule is Oc1cccc(-c2cc(-c3ccccc3Cl)c3cc(Cl)ccc3n2)c1.[Cl-]. The third kappa shape index (κ3) is 3.49. The zero-order chi connectivity index (χ0) is 17.4. The molecule has 0 spiro atoms. The fraction of sp³-hybridized carbons (Fsp3) is 0. The van der Waals surface area contributed by atoms with Crippen LogP contribution in [0.4, 0.5) is 0 Å². The topological polar surface area (TPSA) is 33.1 Å². The molecule has 0 fully saturated rings. The maximum absolute atomic E-state index is 9.79. The van der Waals surface area contributed by atoms with Gasteiger partial charge in [-0.15, -0.1) is 0 Å². The lowest BCUT2D eigenvalue weighted by molar-refractivity contribution is -0.00000574. The fourth-order valence-corrected chi connectivity index (χ4v) is 3.32. The molecule has 0 aliphatic carbocycles. The van der Waals surface area contributed by atoms with Crippen molar-refractivity contribution >= 4 is 34.1 Å². The third-order valence-electron chi connectivity index (χ3n) is 4.08. The summed E-state index contributed by atoms with van der Waals surface area (Å²) in [7, 11) is 0. The van der Waals surface area contributed by atoms with E-state index in [1.165, 1.54) is 0 Å². The van der Waals surface area contributed by atoms with E-state index in [0.717, 1.165) is 33.3 Å². The lowest BCUT2D eigenvalue weighted by Gasteiger charge is -2.12. The molecular weight excluding hydrogens is 389 g/mol. The number of aromatic nitrogens is 1. The minimum absolute atomic E-state index is 0. The van der Waals surface area contributed by atoms with E-state index in [4.69, 9.17) is 28.2 Å². The van der Waals surface area contributed by atoms with Gasteiger partial charge in [-0.25, -0.2) is 4.98 Å². The molecule has 1 N–H and O–H groups in total. The van der Waals surface area contributed by atoms with Gasteiger partial charge >= 0.3 is 0 Å². The van der Waals surface area contributed by atoms with Crippen LogP contribution in [-0.4, -0.2) is 10.1 Å². The van der Waals surface area contributed by atoms with E-state index < -0.39 is 0 Å². The molecule has 4 rings (SSSR count). The van der Waals surface area contributed by atoms with Gasteiger partial charge in [-0.05, 0) is 48.0 Å². The summed E-state index contributed by atoms with van der Waals surface area (Å²) in [5.41, 5.74) is 4.29. The number of hydrogen-bond acceptors (Lipinski definition) is 2. The first-order valence-corrected chi connectivity index (χ1v) is 8.52. The molecule has 0 radical (unpaired) electrons. The smallest absolute Gasteiger partial charge is 0.116 e. The highest BCUT2D eigenvalue weighted by Gasteiger charge is 2.12. The number of rotatable bonds is 2. The Kier molecular flexibility index (Phi) is 5.38. The van der Waals surface area contributed by atoms with Crippen molar-refractivity contribution in [2.75, 3.05) is 0 Å². The van der Waals surface area contributed by atoms with E-state index in [0.29, 0.717) is 10.0 Å². The summed E-state index contributed by atoms with van der Waals surface area (Å²) in [4.78, 5) is 4.73. The van der Waals surface area contributed by atoms with Gasteiger partial charge in [0.2, 0.25) is 0 Å². The van der Waals surface area contributed by atoms with Crippen LogP contribution in [0.2, 0.25) is 10.0 Å². The van der Waals surface area contributed by atoms with Gasteiger partial charge in [-0.1, -0.05) is 53.5 Å². The summed E-state index contributed by atoms with van der Waals surface area (Å²) in [5, 5.41) is 12.0. The van der Waals surface area contributed by atoms with Gasteiger partial charge in [-0.2, -0.15) is 0 Å². The van der Waals surface area contributed by atoms with Crippen LogP contribution in [0.5, 0.6) is 5.75 Å². The molecule has 1 heterocycles. The van der Waals surface area contributed by atoms with Gasteiger partial charge in [0.15, 0.2) is 0 Å². The molecule has 0 aliphatic rings. The number of benzene rings is 3. The van der Waals surface area contributed by atoms with Crippen LogP contribution in [0, 0.1) is 0 Å². The molecule has 0 amide bonds. The van der Waals surface area contributed by atoms with Crippen molar-refractivity contribution in [2.45, 2.75) is 0 Å². The van der Waals surface area contributed by atoms with Crippen molar-refractivity contribution < 1.29 is 17.5 Å². The summed E-state index contributed by atoms with van der Waals surface area (Å²) in [6, 6.07) is 22.3. The molecule has 0 aliphatic heterocycles. The average Bonchev–Trinajstić information content (AvgIpc) is 2.61. The number of phenols is 1. The largest absolute Gasteiger partial charge is 1.00 e. The van der Waals surface area contributed by atoms with Crippen LogP contribution in [0.3, 0.4) is 0 Å². The van der Waals surface area contributed by atoms with Gasteiger partial charge in [0.1, 0.15) is 5.75 Å². The van der Waals surface area contributed by atoms with E-state index in [1.807, 2.05) is 54.6 Å². The lowest BCUT2D eigenvalue weighted by atomic mass is 9.98. The molecule has 0 saturated heterocycles. The Morgan fingerprint density at radius 2 is 1.58 bits per heavy atom. The van der Waals surface area contributed by atoms with Crippen molar-refractivity contribution in [1.29, 1.82) is 0 Å². The Morgan fingerprint density at radius 1 is 0.769 bits per heavy atom. The normalized spacial score (nSPS) is 10.5. The minimum atomic E-state index is 0. The number of aromatic hydroxyl groups is 1. The summed E-state index contributed by atoms with van der Waals surface area (Å²) < 4.78 is 0. The van der Waals surface area contributed by atoms with Crippen molar-refractivity contribution in [3.05, 3.63) is 82.8 Å². The summed E-state index contributed by atoms with van der Waals surface area (Å²) in [6.45, 7) is 0. The number of halogens is 3. The van der Waals surface area contributed by atoms with Gasteiger partial charge < -0.3 is 17.5 Å². The summed E-state index contributed by atoms with van der Waals surface area (Å²) in [6.07, 6.45) is 0. The van der Waals surface area contributed by atoms with Gasteiger partial charge in [0.05, 0.1) is 11.2 Å². The molecule has 0 saturated carbocycles. The zero-order valence-electron chi connectivity index (χ0n) is 13.5. The van der Waals surface area contributed by atoms with Gasteiger partial charge in [0, 0.05) is 26.6 Å². The molecule has 4 aromatic rings. The number of phenolic OH excluding ortho intramolecular Hbond substituents is 1. The van der Waals surface area contributed by atoms with E-state index in [2.05, 4.69) is 0 Å². The molecular formula is C21H13Cl3NO-. The molecule has 130 valence electrons. The van der Waals surface area contributed by atoms with Crippen LogP contribution in [0.1, 0.15) is 0 Å². The second-order valence-electron chi connectivity index (χ2n) is 5.75. The van der Waals surface area contributed by atoms with Gasteiger partial charge in [-0.3, -0.25) is 0 Å². The van der Waals surface area contributed by atoms with Crippen LogP contribution in [0.15, 0.2) is 72.8 Å². The number of pyridine rings is 1. The first-order valence-electron chi connectivity index (χ1n) is 7.76. The summed E-state index contributed by atoms with van der Waals surface area (Å²) in [5.74, 6) is 0.204. The number of fused-ring (bicyclic) bond motifs is 1. The molecule has 1 aromatic heterocycles. The maximum Gasteiger partial charge on any atom is 0.116 e. The standard InChI is InChI=1S/C21H13Cl2NO.ClH/c22-14-8-9-20-18(11-14)17(16-6-1-2-7-19(16)23)12-21(24-20)13-4-3-5-15(25)10-13;/h1-12,25H;1H/p-1. The predicted molar refractivity (Wildman–Crippen MR) is 104 cm³/mol. The highest BCUT2D eigenvalue weighted by Crippen LogP contribution is 2.37. The Morgan fingerprint density at radius 3 is 2.35 bits per heavy atom. The van der Waals surface area contributed by atoms with E-state index >= 15 is 0 Å². The predicted octanol–water partition coefficient (Wildman–Crippen LogP) is 3.59. The monoisotopic (exact) mass is 400 g/mol. The quantitative estimate of drug-likeness (QED) is 0.557. The Bertz CT molecular complexity index is 1100. The van der Waals surface area contributed by atoms with Crippen molar-refractivity contribution in [3.8, 4) is 28.1 Å². The molecule has 0 atom stereocenters. The lowest BCUT2D eigenvalue weighted by Crippen LogP contribution is -3.00. The van der Waals surface area contributed by atoms with Crippen LogP contribution in [0.25, 0.3) is 33.3 Å². The van der Waals surface area contributed by atoms with Crippen molar-refractivity contribution in [1.82, 2.24) is 4.98 Å². The number of hydrogen-bond donors (Lipinski definition) is 1. The van der Waals surface area contributed by atoms with Crippen LogP contribution in [-0.2, 0) is 0 Å². The second-order valence-corrected chi connectivity index (χ2v) is 6.59. The fourth-order valence-electron chi connectivity index (χ4n) is 2.91. The van der Waals surface area contributed by atoms with Crippen molar-refractivity contribution in [2.24, 2.45) is 0 Å². The Balaban J connectivity index is 0.00000196. The average molecular weight is 402 g/mol. The third-order valence-corrected chi connectivity index (χ3v) is 4.64. The van der Waals surface area contributed by atoms with Crippen LogP contribution >= 0.6 is 23.2 Å². The van der Waals surface area contributed by atoms with Crippen LogP contribution < -0.4 is 12.4 Å². The van der Waals surface area contributed by atoms with Crippen molar-refractivity contribution in [3.63, 3.8) is 0 Å². The van der Waals surface area contributed by atoms with Gasteiger partial charge in [0.25, 0.3) is 0 Å². The second kappa shape index (κ2) is 7.55. The Hall–Kier alpha value is -2.26. The zero-order valence-corrected chi connectivity index (χ0v) is 15.7. The summed E-state index contributed by atoms with van der Waals surface area (Å²) >= 11 is 12.6. The minimum Gasteiger partial charge on any atom is -1.00 e. The molecule has 0 unspecified atom stereocenters. The first-order chi connectivity index (χ1) is 12.1. The first kappa shape index (κ1) is 18.5. The molecule has 3 aromatic carbocycles. The highest BCUT2D eigenvalue weighted by atomic mass is 35.5. The Labute approximate surface area is 167 Å². The molecule has 2 nitrogen and oxygen atoms in total. The van der Waals surface area contributed by atoms with E-state index in [1.54, 1.807) is 18.2 Å².